The fraction of sp³-hybridized carbons (Fsp3) is 0.360. The topological polar surface area (TPSA) is 131 Å². The van der Waals surface area contributed by atoms with Gasteiger partial charge in [0.05, 0.1) is 5.75 Å². The van der Waals surface area contributed by atoms with E-state index < -0.39 is 15.8 Å². The van der Waals surface area contributed by atoms with Crippen LogP contribution in [0.25, 0.3) is 6.08 Å². The highest BCUT2D eigenvalue weighted by Gasteiger charge is 2.15. The lowest BCUT2D eigenvalue weighted by molar-refractivity contribution is 0.104. The monoisotopic (exact) mass is 485 g/mol. The molecule has 9 heteroatoms. The maximum atomic E-state index is 12.9. The minimum Gasteiger partial charge on any atom is -0.396 e. The highest BCUT2D eigenvalue weighted by atomic mass is 32.2. The van der Waals surface area contributed by atoms with Crippen LogP contribution in [-0.2, 0) is 10.0 Å². The SMILES string of the molecule is CCS(=O)(=O)Nc1ccc(C(=O)C(C#N)=Cc2ccc(N(CCCO)CCCO)cc2C)cc1. The normalized spacial score (nSPS) is 11.7. The number of aryl methyl sites for hydroxylation is 1. The summed E-state index contributed by atoms with van der Waals surface area (Å²) in [7, 11) is -3.42. The van der Waals surface area contributed by atoms with Crippen molar-refractivity contribution in [2.24, 2.45) is 0 Å². The molecule has 2 rings (SSSR count). The second kappa shape index (κ2) is 12.9. The van der Waals surface area contributed by atoms with E-state index >= 15 is 0 Å². The largest absolute Gasteiger partial charge is 0.396 e. The van der Waals surface area contributed by atoms with Gasteiger partial charge in [0, 0.05) is 43.2 Å². The molecule has 0 atom stereocenters. The maximum Gasteiger partial charge on any atom is 0.232 e. The van der Waals surface area contributed by atoms with E-state index in [0.29, 0.717) is 31.6 Å². The molecule has 182 valence electrons. The summed E-state index contributed by atoms with van der Waals surface area (Å²) < 4.78 is 25.8. The van der Waals surface area contributed by atoms with Crippen LogP contribution in [0.2, 0.25) is 0 Å². The lowest BCUT2D eigenvalue weighted by atomic mass is 9.99. The molecule has 0 spiro atoms. The molecule has 0 aliphatic carbocycles. The number of anilines is 2. The first-order chi connectivity index (χ1) is 16.2. The summed E-state index contributed by atoms with van der Waals surface area (Å²) in [6.45, 7) is 4.87. The zero-order valence-corrected chi connectivity index (χ0v) is 20.3. The lowest BCUT2D eigenvalue weighted by Gasteiger charge is -2.25. The third-order valence-electron chi connectivity index (χ3n) is 5.26. The van der Waals surface area contributed by atoms with Crippen molar-refractivity contribution in [3.8, 4) is 6.07 Å². The summed E-state index contributed by atoms with van der Waals surface area (Å²) in [5.74, 6) is -0.517. The molecule has 0 radical (unpaired) electrons. The number of sulfonamides is 1. The van der Waals surface area contributed by atoms with Crippen LogP contribution in [0, 0.1) is 18.3 Å². The molecule has 8 nitrogen and oxygen atoms in total. The first-order valence-corrected chi connectivity index (χ1v) is 12.7. The number of allylic oxidation sites excluding steroid dienone is 1. The van der Waals surface area contributed by atoms with E-state index in [0.717, 1.165) is 16.8 Å². The van der Waals surface area contributed by atoms with E-state index in [1.807, 2.05) is 31.2 Å². The van der Waals surface area contributed by atoms with Crippen LogP contribution in [0.4, 0.5) is 11.4 Å². The second-order valence-corrected chi connectivity index (χ2v) is 9.78. The van der Waals surface area contributed by atoms with E-state index in [1.165, 1.54) is 31.2 Å². The van der Waals surface area contributed by atoms with E-state index in [4.69, 9.17) is 10.2 Å². The maximum absolute atomic E-state index is 12.9. The molecular formula is C25H31N3O5S. The fourth-order valence-electron chi connectivity index (χ4n) is 3.31. The molecule has 0 aliphatic rings. The lowest BCUT2D eigenvalue weighted by Crippen LogP contribution is -2.27. The number of aliphatic hydroxyl groups is 2. The molecule has 0 unspecified atom stereocenters. The van der Waals surface area contributed by atoms with Gasteiger partial charge in [-0.25, -0.2) is 8.42 Å². The number of rotatable bonds is 13. The van der Waals surface area contributed by atoms with Gasteiger partial charge in [-0.2, -0.15) is 5.26 Å². The summed E-state index contributed by atoms with van der Waals surface area (Å²) in [6.07, 6.45) is 2.76. The van der Waals surface area contributed by atoms with Crippen molar-refractivity contribution in [3.63, 3.8) is 0 Å². The number of carbonyl (C=O) groups is 1. The van der Waals surface area contributed by atoms with Crippen molar-refractivity contribution >= 4 is 33.3 Å². The number of carbonyl (C=O) groups excluding carboxylic acids is 1. The molecular weight excluding hydrogens is 454 g/mol. The predicted octanol–water partition coefficient (Wildman–Crippen LogP) is 3.12. The average molecular weight is 486 g/mol. The molecule has 0 aliphatic heterocycles. The van der Waals surface area contributed by atoms with Gasteiger partial charge in [-0.05, 0) is 80.3 Å². The van der Waals surface area contributed by atoms with Crippen molar-refractivity contribution in [2.45, 2.75) is 26.7 Å². The Hall–Kier alpha value is -3.19. The quantitative estimate of drug-likeness (QED) is 0.226. The molecule has 2 aromatic rings. The zero-order chi connectivity index (χ0) is 25.1. The molecule has 0 fully saturated rings. The number of ketones is 1. The van der Waals surface area contributed by atoms with Crippen molar-refractivity contribution in [1.29, 1.82) is 5.26 Å². The van der Waals surface area contributed by atoms with Crippen LogP contribution >= 0.6 is 0 Å². The van der Waals surface area contributed by atoms with Crippen molar-refractivity contribution in [2.75, 3.05) is 41.7 Å². The van der Waals surface area contributed by atoms with Crippen molar-refractivity contribution < 1.29 is 23.4 Å². The Balaban J connectivity index is 2.25. The molecule has 0 saturated heterocycles. The van der Waals surface area contributed by atoms with E-state index in [9.17, 15) is 18.5 Å². The van der Waals surface area contributed by atoms with Gasteiger partial charge in [0.15, 0.2) is 0 Å². The number of nitriles is 1. The standard InChI is InChI=1S/C25H31N3O5S/c1-3-34(32,33)27-23-9-6-20(7-10-23)25(31)22(18-26)17-21-8-11-24(16-19(21)2)28(12-4-14-29)13-5-15-30/h6-11,16-17,27,29-30H,3-5,12-15H2,1-2H3. The first kappa shape index (κ1) is 27.1. The Kier molecular flexibility index (Phi) is 10.3. The number of Topliss-reactive ketones (excluding diaryl/α,β-unsaturated/α-hetero) is 1. The Morgan fingerprint density at radius 2 is 1.71 bits per heavy atom. The smallest absolute Gasteiger partial charge is 0.232 e. The van der Waals surface area contributed by atoms with Gasteiger partial charge in [-0.3, -0.25) is 9.52 Å². The van der Waals surface area contributed by atoms with Crippen molar-refractivity contribution in [1.82, 2.24) is 0 Å². The molecule has 0 heterocycles. The molecule has 3 N–H and O–H groups in total. The third-order valence-corrected chi connectivity index (χ3v) is 6.56. The molecule has 0 aromatic heterocycles. The van der Waals surface area contributed by atoms with Crippen LogP contribution in [-0.4, -0.2) is 56.5 Å². The number of nitrogens with zero attached hydrogens (tertiary/aromatic N) is 2. The summed E-state index contributed by atoms with van der Waals surface area (Å²) in [5, 5.41) is 27.9. The molecule has 0 bridgehead atoms. The van der Waals surface area contributed by atoms with Gasteiger partial charge in [-0.1, -0.05) is 6.07 Å². The van der Waals surface area contributed by atoms with E-state index in [-0.39, 0.29) is 30.1 Å². The number of benzene rings is 2. The summed E-state index contributed by atoms with van der Waals surface area (Å²) in [6, 6.07) is 13.6. The Bertz CT molecular complexity index is 1140. The van der Waals surface area contributed by atoms with E-state index in [1.54, 1.807) is 6.08 Å². The van der Waals surface area contributed by atoms with Crippen LogP contribution in [0.3, 0.4) is 0 Å². The Labute approximate surface area is 201 Å². The minimum atomic E-state index is -3.42. The summed E-state index contributed by atoms with van der Waals surface area (Å²) >= 11 is 0. The summed E-state index contributed by atoms with van der Waals surface area (Å²) in [5.41, 5.74) is 3.13. The Morgan fingerprint density at radius 3 is 2.21 bits per heavy atom. The highest BCUT2D eigenvalue weighted by Crippen LogP contribution is 2.23. The zero-order valence-electron chi connectivity index (χ0n) is 19.5. The first-order valence-electron chi connectivity index (χ1n) is 11.1. The number of aliphatic hydroxyl groups excluding tert-OH is 2. The number of hydrogen-bond acceptors (Lipinski definition) is 7. The van der Waals surface area contributed by atoms with Crippen LogP contribution < -0.4 is 9.62 Å². The number of nitrogens with one attached hydrogen (secondary N) is 1. The van der Waals surface area contributed by atoms with Gasteiger partial charge in [0.1, 0.15) is 11.6 Å². The van der Waals surface area contributed by atoms with Gasteiger partial charge in [-0.15, -0.1) is 0 Å². The van der Waals surface area contributed by atoms with Gasteiger partial charge in [0.25, 0.3) is 0 Å². The van der Waals surface area contributed by atoms with Crippen LogP contribution in [0.1, 0.15) is 41.3 Å². The van der Waals surface area contributed by atoms with Crippen LogP contribution in [0.15, 0.2) is 48.0 Å². The minimum absolute atomic E-state index is 0.0323. The fourth-order valence-corrected chi connectivity index (χ4v) is 3.95. The molecule has 0 saturated carbocycles. The molecule has 34 heavy (non-hydrogen) atoms. The van der Waals surface area contributed by atoms with Crippen LogP contribution in [0.5, 0.6) is 0 Å². The molecule has 2 aromatic carbocycles. The molecule has 0 amide bonds. The van der Waals surface area contributed by atoms with Crippen molar-refractivity contribution in [3.05, 3.63) is 64.7 Å². The van der Waals surface area contributed by atoms with Gasteiger partial charge < -0.3 is 15.1 Å². The highest BCUT2D eigenvalue weighted by molar-refractivity contribution is 7.92. The predicted molar refractivity (Wildman–Crippen MR) is 134 cm³/mol. The van der Waals surface area contributed by atoms with Gasteiger partial charge >= 0.3 is 0 Å². The average Bonchev–Trinajstić information content (AvgIpc) is 2.83. The van der Waals surface area contributed by atoms with E-state index in [2.05, 4.69) is 9.62 Å². The third kappa shape index (κ3) is 7.70. The number of hydrogen-bond donors (Lipinski definition) is 3. The van der Waals surface area contributed by atoms with Gasteiger partial charge in [0.2, 0.25) is 15.8 Å². The Morgan fingerprint density at radius 1 is 1.09 bits per heavy atom. The second-order valence-electron chi connectivity index (χ2n) is 7.76. The summed E-state index contributed by atoms with van der Waals surface area (Å²) in [4.78, 5) is 15.0.